The van der Waals surface area contributed by atoms with Gasteiger partial charge in [-0.25, -0.2) is 0 Å². The van der Waals surface area contributed by atoms with Crippen LogP contribution in [0.3, 0.4) is 0 Å². The third-order valence-electron chi connectivity index (χ3n) is 4.42. The number of hydrogen-bond donors (Lipinski definition) is 0. The lowest BCUT2D eigenvalue weighted by atomic mass is 10.1. The van der Waals surface area contributed by atoms with E-state index in [0.29, 0.717) is 28.9 Å². The van der Waals surface area contributed by atoms with Gasteiger partial charge >= 0.3 is 0 Å². The molecule has 0 unspecified atom stereocenters. The summed E-state index contributed by atoms with van der Waals surface area (Å²) in [6, 6.07) is 11.7. The van der Waals surface area contributed by atoms with E-state index in [1.165, 1.54) is 11.8 Å². The molecule has 1 amide bonds. The minimum absolute atomic E-state index is 0.0319. The quantitative estimate of drug-likeness (QED) is 0.423. The van der Waals surface area contributed by atoms with Crippen molar-refractivity contribution in [1.82, 2.24) is 15.2 Å². The molecule has 1 aromatic carbocycles. The first-order valence-corrected chi connectivity index (χ1v) is 11.1. The molecular weight excluding hydrogens is 404 g/mol. The average molecular weight is 425 g/mol. The van der Waals surface area contributed by atoms with Crippen LogP contribution in [-0.4, -0.2) is 26.8 Å². The highest BCUT2D eigenvalue weighted by Crippen LogP contribution is 2.44. The number of rotatable bonds is 5. The SMILES string of the molecule is C=CCSc1nnc2c(n1)O[C@@H](c1ccc(C)s1)N(C(=O)CC)c1ccccc1-2. The molecule has 0 fully saturated rings. The Labute approximate surface area is 177 Å². The van der Waals surface area contributed by atoms with E-state index in [1.54, 1.807) is 22.3 Å². The van der Waals surface area contributed by atoms with Crippen LogP contribution in [0.2, 0.25) is 0 Å². The molecular formula is C21H20N4O2S2. The summed E-state index contributed by atoms with van der Waals surface area (Å²) in [5.41, 5.74) is 2.06. The predicted octanol–water partition coefficient (Wildman–Crippen LogP) is 5.02. The number of amides is 1. The summed E-state index contributed by atoms with van der Waals surface area (Å²) in [5.74, 6) is 1.02. The third-order valence-corrected chi connectivity index (χ3v) is 6.28. The molecule has 0 aliphatic carbocycles. The molecule has 4 rings (SSSR count). The lowest BCUT2D eigenvalue weighted by Crippen LogP contribution is -2.36. The topological polar surface area (TPSA) is 68.2 Å². The van der Waals surface area contributed by atoms with Crippen LogP contribution < -0.4 is 9.64 Å². The molecule has 0 N–H and O–H groups in total. The third kappa shape index (κ3) is 3.77. The molecule has 0 saturated carbocycles. The highest BCUT2D eigenvalue weighted by atomic mass is 32.2. The van der Waals surface area contributed by atoms with E-state index in [4.69, 9.17) is 4.74 Å². The molecule has 0 spiro atoms. The number of hydrogen-bond acceptors (Lipinski definition) is 7. The number of aromatic nitrogens is 3. The Morgan fingerprint density at radius 3 is 2.86 bits per heavy atom. The number of fused-ring (bicyclic) bond motifs is 3. The van der Waals surface area contributed by atoms with Gasteiger partial charge in [0.15, 0.2) is 5.69 Å². The van der Waals surface area contributed by atoms with E-state index in [9.17, 15) is 4.79 Å². The van der Waals surface area contributed by atoms with Gasteiger partial charge in [0.2, 0.25) is 23.2 Å². The van der Waals surface area contributed by atoms with E-state index < -0.39 is 6.23 Å². The van der Waals surface area contributed by atoms with Crippen LogP contribution in [0.5, 0.6) is 5.88 Å². The number of nitrogens with zero attached hydrogens (tertiary/aromatic N) is 4. The van der Waals surface area contributed by atoms with Crippen molar-refractivity contribution >= 4 is 34.7 Å². The zero-order valence-corrected chi connectivity index (χ0v) is 17.8. The van der Waals surface area contributed by atoms with Crippen molar-refractivity contribution in [3.05, 3.63) is 58.8 Å². The summed E-state index contributed by atoms with van der Waals surface area (Å²) in [6.07, 6.45) is 1.53. The summed E-state index contributed by atoms with van der Waals surface area (Å²) in [4.78, 5) is 21.4. The van der Waals surface area contributed by atoms with E-state index in [0.717, 1.165) is 21.0 Å². The van der Waals surface area contributed by atoms with E-state index >= 15 is 0 Å². The maximum absolute atomic E-state index is 13.0. The lowest BCUT2D eigenvalue weighted by molar-refractivity contribution is -0.120. The van der Waals surface area contributed by atoms with Crippen LogP contribution in [0.4, 0.5) is 5.69 Å². The molecule has 6 nitrogen and oxygen atoms in total. The second kappa shape index (κ2) is 8.34. The Kier molecular flexibility index (Phi) is 5.64. The fourth-order valence-electron chi connectivity index (χ4n) is 3.12. The summed E-state index contributed by atoms with van der Waals surface area (Å²) < 4.78 is 6.36. The second-order valence-corrected chi connectivity index (χ2v) is 8.71. The zero-order chi connectivity index (χ0) is 20.4. The van der Waals surface area contributed by atoms with Crippen molar-refractivity contribution in [3.8, 4) is 17.1 Å². The van der Waals surface area contributed by atoms with Gasteiger partial charge in [-0.15, -0.1) is 28.1 Å². The molecule has 1 aliphatic heterocycles. The highest BCUT2D eigenvalue weighted by molar-refractivity contribution is 7.99. The van der Waals surface area contributed by atoms with Crippen molar-refractivity contribution in [2.24, 2.45) is 0 Å². The van der Waals surface area contributed by atoms with Crippen molar-refractivity contribution in [1.29, 1.82) is 0 Å². The van der Waals surface area contributed by atoms with Crippen LogP contribution in [0.25, 0.3) is 11.3 Å². The molecule has 0 saturated heterocycles. The Bertz CT molecular complexity index is 1070. The highest BCUT2D eigenvalue weighted by Gasteiger charge is 2.35. The molecule has 0 radical (unpaired) electrons. The monoisotopic (exact) mass is 424 g/mol. The van der Waals surface area contributed by atoms with Gasteiger partial charge in [0, 0.05) is 22.6 Å². The minimum Gasteiger partial charge on any atom is -0.446 e. The maximum atomic E-state index is 13.0. The number of carbonyl (C=O) groups excluding carboxylic acids is 1. The fourth-order valence-corrected chi connectivity index (χ4v) is 4.53. The Balaban J connectivity index is 1.91. The van der Waals surface area contributed by atoms with Crippen LogP contribution in [0, 0.1) is 6.92 Å². The Hall–Kier alpha value is -2.71. The number of aryl methyl sites for hydroxylation is 1. The smallest absolute Gasteiger partial charge is 0.247 e. The van der Waals surface area contributed by atoms with Gasteiger partial charge in [-0.2, -0.15) is 4.98 Å². The fraction of sp³-hybridized carbons (Fsp3) is 0.238. The van der Waals surface area contributed by atoms with Crippen LogP contribution >= 0.6 is 23.1 Å². The van der Waals surface area contributed by atoms with Crippen molar-refractivity contribution < 1.29 is 9.53 Å². The summed E-state index contributed by atoms with van der Waals surface area (Å²) >= 11 is 3.03. The number of para-hydroxylation sites is 1. The van der Waals surface area contributed by atoms with Crippen molar-refractivity contribution in [3.63, 3.8) is 0 Å². The molecule has 3 aromatic rings. The molecule has 148 valence electrons. The van der Waals surface area contributed by atoms with Gasteiger partial charge in [0.05, 0.1) is 10.6 Å². The maximum Gasteiger partial charge on any atom is 0.247 e. The van der Waals surface area contributed by atoms with E-state index in [2.05, 4.69) is 21.8 Å². The van der Waals surface area contributed by atoms with Gasteiger partial charge < -0.3 is 4.74 Å². The van der Waals surface area contributed by atoms with Crippen molar-refractivity contribution in [2.75, 3.05) is 10.7 Å². The number of anilines is 1. The molecule has 3 heterocycles. The summed E-state index contributed by atoms with van der Waals surface area (Å²) in [5, 5.41) is 9.15. The van der Waals surface area contributed by atoms with E-state index in [1.807, 2.05) is 50.2 Å². The molecule has 1 atom stereocenters. The van der Waals surface area contributed by atoms with Gasteiger partial charge in [-0.05, 0) is 25.1 Å². The number of carbonyl (C=O) groups is 1. The van der Waals surface area contributed by atoms with Gasteiger partial charge in [-0.1, -0.05) is 43.0 Å². The van der Waals surface area contributed by atoms with Crippen LogP contribution in [0.1, 0.15) is 29.3 Å². The first-order chi connectivity index (χ1) is 14.1. The first-order valence-electron chi connectivity index (χ1n) is 9.25. The number of benzene rings is 1. The normalized spacial score (nSPS) is 15.1. The zero-order valence-electron chi connectivity index (χ0n) is 16.2. The van der Waals surface area contributed by atoms with Gasteiger partial charge in [0.1, 0.15) is 0 Å². The summed E-state index contributed by atoms with van der Waals surface area (Å²) in [6.45, 7) is 7.61. The number of ether oxygens (including phenoxy) is 1. The molecule has 29 heavy (non-hydrogen) atoms. The lowest BCUT2D eigenvalue weighted by Gasteiger charge is -2.29. The summed E-state index contributed by atoms with van der Waals surface area (Å²) in [7, 11) is 0. The number of thioether (sulfide) groups is 1. The predicted molar refractivity (Wildman–Crippen MR) is 116 cm³/mol. The Morgan fingerprint density at radius 1 is 1.31 bits per heavy atom. The average Bonchev–Trinajstić information content (AvgIpc) is 3.12. The van der Waals surface area contributed by atoms with E-state index in [-0.39, 0.29) is 5.91 Å². The molecule has 0 bridgehead atoms. The van der Waals surface area contributed by atoms with Gasteiger partial charge in [-0.3, -0.25) is 9.69 Å². The molecule has 1 aliphatic rings. The second-order valence-electron chi connectivity index (χ2n) is 6.40. The molecule has 2 aromatic heterocycles. The minimum atomic E-state index is -0.613. The standard InChI is InChI=1S/C21H20N4O2S2/c1-4-12-28-21-22-19-18(23-24-21)14-8-6-7-9-15(14)25(17(26)5-2)20(27-19)16-11-10-13(3)29-16/h4,6-11,20H,1,5,12H2,2-3H3/t20-/m0/s1. The first kappa shape index (κ1) is 19.6. The van der Waals surface area contributed by atoms with Gasteiger partial charge in [0.25, 0.3) is 0 Å². The Morgan fingerprint density at radius 2 is 2.14 bits per heavy atom. The van der Waals surface area contributed by atoms with Crippen LogP contribution in [0.15, 0.2) is 54.2 Å². The molecule has 8 heteroatoms. The van der Waals surface area contributed by atoms with Crippen molar-refractivity contribution in [2.45, 2.75) is 31.7 Å². The van der Waals surface area contributed by atoms with Crippen LogP contribution in [-0.2, 0) is 4.79 Å². The number of thiophene rings is 1. The largest absolute Gasteiger partial charge is 0.446 e.